The van der Waals surface area contributed by atoms with Crippen LogP contribution in [0.15, 0.2) is 37.5 Å². The van der Waals surface area contributed by atoms with Crippen molar-refractivity contribution in [3.63, 3.8) is 0 Å². The fourth-order valence-corrected chi connectivity index (χ4v) is 3.63. The molecule has 0 saturated carbocycles. The average Bonchev–Trinajstić information content (AvgIpc) is 3.02. The van der Waals surface area contributed by atoms with Gasteiger partial charge < -0.3 is 4.42 Å². The van der Waals surface area contributed by atoms with Crippen LogP contribution in [0.3, 0.4) is 0 Å². The van der Waals surface area contributed by atoms with Crippen LogP contribution < -0.4 is 0 Å². The van der Waals surface area contributed by atoms with E-state index < -0.39 is 31.1 Å². The number of hydrogen-bond donors (Lipinski definition) is 0. The predicted molar refractivity (Wildman–Crippen MR) is 94.5 cm³/mol. The first-order valence-electron chi connectivity index (χ1n) is 7.33. The van der Waals surface area contributed by atoms with Crippen LogP contribution in [0.25, 0.3) is 17.7 Å². The second-order valence-corrected chi connectivity index (χ2v) is 8.98. The van der Waals surface area contributed by atoms with Gasteiger partial charge in [0, 0.05) is 11.1 Å². The molecule has 0 N–H and O–H groups in total. The number of oxazole rings is 1. The van der Waals surface area contributed by atoms with Gasteiger partial charge in [0.25, 0.3) is 0 Å². The Hall–Kier alpha value is -2.34. The van der Waals surface area contributed by atoms with E-state index in [-0.39, 0.29) is 33.8 Å². The molecular formula is C15H14F3N3O4S2. The largest absolute Gasteiger partial charge is 0.475 e. The van der Waals surface area contributed by atoms with E-state index in [0.717, 1.165) is 13.0 Å². The maximum atomic E-state index is 12.6. The van der Waals surface area contributed by atoms with Crippen LogP contribution in [-0.2, 0) is 20.6 Å². The zero-order chi connectivity index (χ0) is 20.4. The third-order valence-electron chi connectivity index (χ3n) is 3.31. The van der Waals surface area contributed by atoms with Crippen molar-refractivity contribution in [2.24, 2.45) is 4.99 Å². The van der Waals surface area contributed by atoms with Crippen molar-refractivity contribution in [3.8, 4) is 11.6 Å². The van der Waals surface area contributed by atoms with Crippen LogP contribution in [0, 0.1) is 0 Å². The smallest absolute Gasteiger partial charge is 0.416 e. The molecule has 1 atom stereocenters. The third kappa shape index (κ3) is 4.50. The zero-order valence-electron chi connectivity index (χ0n) is 14.1. The highest BCUT2D eigenvalue weighted by Crippen LogP contribution is 2.33. The lowest BCUT2D eigenvalue weighted by molar-refractivity contribution is -0.0376. The lowest BCUT2D eigenvalue weighted by Gasteiger charge is -2.05. The molecule has 27 heavy (non-hydrogen) atoms. The van der Waals surface area contributed by atoms with E-state index in [9.17, 15) is 25.8 Å². The first kappa shape index (κ1) is 21.0. The molecule has 0 saturated heterocycles. The van der Waals surface area contributed by atoms with Crippen LogP contribution >= 0.6 is 0 Å². The molecule has 12 heteroatoms. The van der Waals surface area contributed by atoms with Crippen molar-refractivity contribution in [1.29, 1.82) is 0 Å². The van der Waals surface area contributed by atoms with Gasteiger partial charge in [-0.25, -0.2) is 27.6 Å². The van der Waals surface area contributed by atoms with Gasteiger partial charge in [0.15, 0.2) is 20.6 Å². The van der Waals surface area contributed by atoms with E-state index >= 15 is 0 Å². The summed E-state index contributed by atoms with van der Waals surface area (Å²) < 4.78 is 78.9. The van der Waals surface area contributed by atoms with E-state index in [0.29, 0.717) is 0 Å². The highest BCUT2D eigenvalue weighted by atomic mass is 32.2. The summed E-state index contributed by atoms with van der Waals surface area (Å²) in [6, 6.07) is 2.73. The molecule has 2 aromatic heterocycles. The monoisotopic (exact) mass is 421 g/mol. The topological polar surface area (TPSA) is 102 Å². The Morgan fingerprint density at radius 3 is 2.67 bits per heavy atom. The van der Waals surface area contributed by atoms with Gasteiger partial charge in [-0.1, -0.05) is 6.92 Å². The van der Waals surface area contributed by atoms with Gasteiger partial charge in [-0.2, -0.15) is 13.2 Å². The molecule has 0 bridgehead atoms. The molecule has 2 heterocycles. The number of aliphatic imine (C=N–C) groups is 1. The molecule has 0 amide bonds. The van der Waals surface area contributed by atoms with Gasteiger partial charge in [-0.05, 0) is 31.9 Å². The summed E-state index contributed by atoms with van der Waals surface area (Å²) in [5, 5.41) is 0. The summed E-state index contributed by atoms with van der Waals surface area (Å²) in [6.07, 6.45) is 2.20. The Balaban J connectivity index is 2.60. The lowest BCUT2D eigenvalue weighted by Crippen LogP contribution is -2.16. The fraction of sp³-hybridized carbons (Fsp3) is 0.267. The van der Waals surface area contributed by atoms with Gasteiger partial charge in [0.05, 0.1) is 10.6 Å². The fourth-order valence-electron chi connectivity index (χ4n) is 2.02. The number of aromatic nitrogens is 2. The van der Waals surface area contributed by atoms with E-state index in [1.165, 1.54) is 25.3 Å². The predicted octanol–water partition coefficient (Wildman–Crippen LogP) is 3.49. The molecule has 7 nitrogen and oxygen atoms in total. The second-order valence-electron chi connectivity index (χ2n) is 5.09. The number of sulfone groups is 1. The summed E-state index contributed by atoms with van der Waals surface area (Å²) in [5.41, 5.74) is -5.22. The summed E-state index contributed by atoms with van der Waals surface area (Å²) >= 11 is 0. The number of pyridine rings is 1. The summed E-state index contributed by atoms with van der Waals surface area (Å²) in [5.74, 6) is -0.717. The molecule has 1 unspecified atom stereocenters. The molecule has 0 aliphatic heterocycles. The standard InChI is InChI=1S/C15H14F3N3O4S2/c1-4-27(23,24)11-6-5-7-20-12(11)14-21-10(13(19-3)25-14)8-9(2)26(22)15(16,17)18/h5-8H,3-4H2,1-2H3/b9-8+. The van der Waals surface area contributed by atoms with Crippen molar-refractivity contribution in [2.45, 2.75) is 24.3 Å². The van der Waals surface area contributed by atoms with E-state index in [2.05, 4.69) is 21.7 Å². The minimum atomic E-state index is -4.93. The second kappa shape index (κ2) is 7.72. The van der Waals surface area contributed by atoms with Crippen LogP contribution in [0.1, 0.15) is 19.5 Å². The maximum Gasteiger partial charge on any atom is 0.475 e. The van der Waals surface area contributed by atoms with Crippen LogP contribution in [0.4, 0.5) is 19.1 Å². The van der Waals surface area contributed by atoms with Crippen LogP contribution in [0.2, 0.25) is 0 Å². The number of alkyl halides is 3. The normalized spacial score (nSPS) is 14.2. The van der Waals surface area contributed by atoms with Crippen molar-refractivity contribution < 1.29 is 30.2 Å². The number of allylic oxidation sites excluding steroid dienone is 1. The lowest BCUT2D eigenvalue weighted by atomic mass is 10.3. The molecule has 0 fully saturated rings. The highest BCUT2D eigenvalue weighted by Gasteiger charge is 2.38. The quantitative estimate of drug-likeness (QED) is 0.662. The summed E-state index contributed by atoms with van der Waals surface area (Å²) in [7, 11) is -6.91. The number of nitrogens with zero attached hydrogens (tertiary/aromatic N) is 3. The van der Waals surface area contributed by atoms with Gasteiger partial charge in [0.2, 0.25) is 11.8 Å². The average molecular weight is 421 g/mol. The van der Waals surface area contributed by atoms with E-state index in [1.807, 2.05) is 0 Å². The van der Waals surface area contributed by atoms with Crippen molar-refractivity contribution >= 4 is 39.3 Å². The van der Waals surface area contributed by atoms with Gasteiger partial charge >= 0.3 is 5.51 Å². The first-order chi connectivity index (χ1) is 12.5. The Labute approximate surface area is 155 Å². The van der Waals surface area contributed by atoms with Crippen LogP contribution in [-0.4, -0.2) is 40.6 Å². The number of hydrogen-bond acceptors (Lipinski definition) is 7. The SMILES string of the molecule is C=Nc1oc(-c2ncccc2S(=O)(=O)CC)nc1/C=C(\C)S(=O)C(F)(F)F. The summed E-state index contributed by atoms with van der Waals surface area (Å²) in [6.45, 7) is 5.70. The highest BCUT2D eigenvalue weighted by molar-refractivity contribution is 7.91. The Kier molecular flexibility index (Phi) is 6.00. The Morgan fingerprint density at radius 1 is 1.44 bits per heavy atom. The molecule has 0 aliphatic rings. The van der Waals surface area contributed by atoms with Crippen molar-refractivity contribution in [3.05, 3.63) is 28.9 Å². The number of rotatable bonds is 6. The van der Waals surface area contributed by atoms with Gasteiger partial charge in [-0.15, -0.1) is 0 Å². The minimum Gasteiger partial charge on any atom is -0.416 e. The molecule has 2 rings (SSSR count). The molecule has 0 aliphatic carbocycles. The molecular weight excluding hydrogens is 407 g/mol. The third-order valence-corrected chi connectivity index (χ3v) is 6.19. The Morgan fingerprint density at radius 2 is 2.11 bits per heavy atom. The van der Waals surface area contributed by atoms with Gasteiger partial charge in [0.1, 0.15) is 11.4 Å². The maximum absolute atomic E-state index is 12.6. The molecule has 2 aromatic rings. The molecule has 0 spiro atoms. The molecule has 0 radical (unpaired) electrons. The summed E-state index contributed by atoms with van der Waals surface area (Å²) in [4.78, 5) is 10.8. The Bertz CT molecular complexity index is 1030. The molecule has 146 valence electrons. The van der Waals surface area contributed by atoms with E-state index in [1.54, 1.807) is 0 Å². The van der Waals surface area contributed by atoms with Crippen molar-refractivity contribution in [1.82, 2.24) is 9.97 Å². The van der Waals surface area contributed by atoms with E-state index in [4.69, 9.17) is 4.42 Å². The number of halogens is 3. The molecule has 0 aromatic carbocycles. The first-order valence-corrected chi connectivity index (χ1v) is 10.1. The van der Waals surface area contributed by atoms with Gasteiger partial charge in [-0.3, -0.25) is 0 Å². The zero-order valence-corrected chi connectivity index (χ0v) is 15.8. The minimum absolute atomic E-state index is 0.113. The van der Waals surface area contributed by atoms with Crippen LogP contribution in [0.5, 0.6) is 0 Å². The van der Waals surface area contributed by atoms with Crippen molar-refractivity contribution in [2.75, 3.05) is 5.75 Å².